The molecule has 1 aliphatic heterocycles. The monoisotopic (exact) mass is 316 g/mol. The lowest BCUT2D eigenvalue weighted by molar-refractivity contribution is 0.104. The van der Waals surface area contributed by atoms with Crippen LogP contribution in [0.25, 0.3) is 6.08 Å². The van der Waals surface area contributed by atoms with Crippen molar-refractivity contribution in [1.82, 2.24) is 0 Å². The number of carbonyl (C=O) groups excluding carboxylic acids is 1. The Morgan fingerprint density at radius 2 is 1.78 bits per heavy atom. The number of allylic oxidation sites excluding steroid dienone is 1. The number of carbonyl (C=O) groups is 1. The maximum atomic E-state index is 12.2. The summed E-state index contributed by atoms with van der Waals surface area (Å²) in [6, 6.07) is 15.6. The van der Waals surface area contributed by atoms with Crippen LogP contribution in [0.15, 0.2) is 62.8 Å². The minimum atomic E-state index is 0.111. The molecule has 0 saturated carbocycles. The second-order valence-electron chi connectivity index (χ2n) is 3.97. The molecule has 1 nitrogen and oxygen atoms in total. The van der Waals surface area contributed by atoms with Crippen LogP contribution in [0.5, 0.6) is 0 Å². The van der Waals surface area contributed by atoms with E-state index in [0.717, 1.165) is 25.4 Å². The predicted molar refractivity (Wildman–Crippen MR) is 78.7 cm³/mol. The van der Waals surface area contributed by atoms with Gasteiger partial charge in [-0.05, 0) is 39.7 Å². The van der Waals surface area contributed by atoms with E-state index in [9.17, 15) is 4.79 Å². The topological polar surface area (TPSA) is 17.1 Å². The van der Waals surface area contributed by atoms with Gasteiger partial charge in [-0.3, -0.25) is 4.79 Å². The van der Waals surface area contributed by atoms with E-state index < -0.39 is 0 Å². The van der Waals surface area contributed by atoms with Gasteiger partial charge in [0, 0.05) is 14.9 Å². The summed E-state index contributed by atoms with van der Waals surface area (Å²) in [6.07, 6.45) is 1.94. The zero-order valence-corrected chi connectivity index (χ0v) is 11.8. The molecule has 3 heteroatoms. The van der Waals surface area contributed by atoms with Crippen LogP contribution in [-0.4, -0.2) is 5.78 Å². The smallest absolute Gasteiger partial charge is 0.200 e. The molecule has 0 bridgehead atoms. The van der Waals surface area contributed by atoms with Crippen LogP contribution in [0.4, 0.5) is 0 Å². The van der Waals surface area contributed by atoms with Crippen molar-refractivity contribution in [3.05, 3.63) is 69.0 Å². The number of ketones is 1. The van der Waals surface area contributed by atoms with Crippen LogP contribution in [0.2, 0.25) is 0 Å². The quantitative estimate of drug-likeness (QED) is 0.704. The summed E-state index contributed by atoms with van der Waals surface area (Å²) in [4.78, 5) is 14.0. The Morgan fingerprint density at radius 3 is 2.50 bits per heavy atom. The largest absolute Gasteiger partial charge is 0.288 e. The number of rotatable bonds is 1. The van der Waals surface area contributed by atoms with Crippen molar-refractivity contribution in [2.45, 2.75) is 4.90 Å². The van der Waals surface area contributed by atoms with Crippen molar-refractivity contribution < 1.29 is 4.79 Å². The highest BCUT2D eigenvalue weighted by molar-refractivity contribution is 9.10. The first-order valence-electron chi connectivity index (χ1n) is 5.53. The Kier molecular flexibility index (Phi) is 3.10. The molecule has 88 valence electrons. The lowest BCUT2D eigenvalue weighted by Crippen LogP contribution is -1.93. The minimum absolute atomic E-state index is 0.111. The summed E-state index contributed by atoms with van der Waals surface area (Å²) in [6.45, 7) is 0. The average Bonchev–Trinajstić information content (AvgIpc) is 2.70. The highest BCUT2D eigenvalue weighted by Gasteiger charge is 2.27. The number of fused-ring (bicyclic) bond motifs is 1. The second-order valence-corrected chi connectivity index (χ2v) is 5.87. The van der Waals surface area contributed by atoms with E-state index in [1.807, 2.05) is 54.6 Å². The molecule has 0 spiro atoms. The molecule has 18 heavy (non-hydrogen) atoms. The molecular weight excluding hydrogens is 308 g/mol. The molecule has 1 aliphatic rings. The van der Waals surface area contributed by atoms with E-state index in [0.29, 0.717) is 0 Å². The van der Waals surface area contributed by atoms with E-state index in [1.54, 1.807) is 0 Å². The Labute approximate surface area is 118 Å². The maximum Gasteiger partial charge on any atom is 0.200 e. The van der Waals surface area contributed by atoms with Gasteiger partial charge in [-0.1, -0.05) is 48.2 Å². The van der Waals surface area contributed by atoms with Crippen LogP contribution >= 0.6 is 27.7 Å². The number of Topliss-reactive ketones (excluding diaryl/α,β-unsaturated/α-hetero) is 1. The Morgan fingerprint density at radius 1 is 1.00 bits per heavy atom. The van der Waals surface area contributed by atoms with Gasteiger partial charge in [0.1, 0.15) is 0 Å². The van der Waals surface area contributed by atoms with E-state index in [2.05, 4.69) is 15.9 Å². The van der Waals surface area contributed by atoms with Crippen molar-refractivity contribution in [2.75, 3.05) is 0 Å². The molecule has 0 N–H and O–H groups in total. The normalized spacial score (nSPS) is 16.1. The van der Waals surface area contributed by atoms with Gasteiger partial charge in [0.25, 0.3) is 0 Å². The van der Waals surface area contributed by atoms with E-state index in [1.165, 1.54) is 11.8 Å². The van der Waals surface area contributed by atoms with Crippen molar-refractivity contribution in [3.8, 4) is 0 Å². The molecular formula is C15H9BrOS. The number of thioether (sulfide) groups is 1. The highest BCUT2D eigenvalue weighted by Crippen LogP contribution is 2.44. The van der Waals surface area contributed by atoms with Gasteiger partial charge < -0.3 is 0 Å². The first-order chi connectivity index (χ1) is 8.75. The molecule has 0 saturated heterocycles. The van der Waals surface area contributed by atoms with Gasteiger partial charge in [0.15, 0.2) is 0 Å². The zero-order chi connectivity index (χ0) is 12.5. The van der Waals surface area contributed by atoms with Crippen molar-refractivity contribution in [3.63, 3.8) is 0 Å². The Balaban J connectivity index is 2.03. The summed E-state index contributed by atoms with van der Waals surface area (Å²) in [5.41, 5.74) is 1.84. The Bertz CT molecular complexity index is 647. The highest BCUT2D eigenvalue weighted by atomic mass is 79.9. The molecule has 0 atom stereocenters. The summed E-state index contributed by atoms with van der Waals surface area (Å²) >= 11 is 5.02. The van der Waals surface area contributed by atoms with Crippen LogP contribution in [-0.2, 0) is 0 Å². The molecule has 0 amide bonds. The minimum Gasteiger partial charge on any atom is -0.288 e. The van der Waals surface area contributed by atoms with Gasteiger partial charge in [-0.15, -0.1) is 0 Å². The molecule has 2 aromatic rings. The fourth-order valence-corrected chi connectivity index (χ4v) is 3.54. The van der Waals surface area contributed by atoms with Crippen LogP contribution < -0.4 is 0 Å². The lowest BCUT2D eigenvalue weighted by Gasteiger charge is -1.96. The van der Waals surface area contributed by atoms with Gasteiger partial charge in [-0.2, -0.15) is 0 Å². The van der Waals surface area contributed by atoms with Crippen molar-refractivity contribution >= 4 is 39.6 Å². The predicted octanol–water partition coefficient (Wildman–Crippen LogP) is 4.78. The zero-order valence-electron chi connectivity index (χ0n) is 9.39. The third-order valence-electron chi connectivity index (χ3n) is 2.74. The fraction of sp³-hybridized carbons (Fsp3) is 0. The first-order valence-corrected chi connectivity index (χ1v) is 7.14. The molecule has 1 heterocycles. The number of benzene rings is 2. The van der Waals surface area contributed by atoms with E-state index in [4.69, 9.17) is 0 Å². The molecule has 2 aromatic carbocycles. The number of hydrogen-bond donors (Lipinski definition) is 0. The maximum absolute atomic E-state index is 12.2. The third-order valence-corrected chi connectivity index (χ3v) is 4.84. The molecule has 0 aliphatic carbocycles. The number of hydrogen-bond acceptors (Lipinski definition) is 2. The van der Waals surface area contributed by atoms with Crippen molar-refractivity contribution in [2.24, 2.45) is 0 Å². The molecule has 0 fully saturated rings. The van der Waals surface area contributed by atoms with Gasteiger partial charge in [0.2, 0.25) is 5.78 Å². The van der Waals surface area contributed by atoms with Crippen LogP contribution in [0.3, 0.4) is 0 Å². The summed E-state index contributed by atoms with van der Waals surface area (Å²) in [7, 11) is 0. The van der Waals surface area contributed by atoms with E-state index >= 15 is 0 Å². The van der Waals surface area contributed by atoms with Crippen molar-refractivity contribution in [1.29, 1.82) is 0 Å². The summed E-state index contributed by atoms with van der Waals surface area (Å²) < 4.78 is 0.981. The molecule has 0 radical (unpaired) electrons. The van der Waals surface area contributed by atoms with Crippen LogP contribution in [0, 0.1) is 0 Å². The molecule has 3 rings (SSSR count). The first kappa shape index (κ1) is 11.8. The summed E-state index contributed by atoms with van der Waals surface area (Å²) in [5.74, 6) is 0.111. The summed E-state index contributed by atoms with van der Waals surface area (Å²) in [5, 5.41) is 0. The third kappa shape index (κ3) is 2.04. The fourth-order valence-electron chi connectivity index (χ4n) is 1.88. The van der Waals surface area contributed by atoms with Gasteiger partial charge in [0.05, 0.1) is 4.91 Å². The van der Waals surface area contributed by atoms with E-state index in [-0.39, 0.29) is 5.78 Å². The Hall–Kier alpha value is -1.32. The average molecular weight is 317 g/mol. The standard InChI is InChI=1S/C15H9BrOS/c16-12-8-4-7-11-14(17)13(18-15(11)12)9-10-5-2-1-3-6-10/h1-9H/b13-9-. The van der Waals surface area contributed by atoms with Crippen LogP contribution in [0.1, 0.15) is 15.9 Å². The lowest BCUT2D eigenvalue weighted by atomic mass is 10.1. The number of halogens is 1. The second kappa shape index (κ2) is 4.75. The van der Waals surface area contributed by atoms with Gasteiger partial charge >= 0.3 is 0 Å². The van der Waals surface area contributed by atoms with Gasteiger partial charge in [-0.25, -0.2) is 0 Å². The molecule has 0 unspecified atom stereocenters. The SMILES string of the molecule is O=C1/C(=C/c2ccccc2)Sc2c(Br)cccc21. The molecule has 0 aromatic heterocycles.